The summed E-state index contributed by atoms with van der Waals surface area (Å²) in [6.45, 7) is 1.97. The largest absolute Gasteiger partial charge is 0.481 e. The van der Waals surface area contributed by atoms with E-state index < -0.39 is 17.4 Å². The van der Waals surface area contributed by atoms with Gasteiger partial charge in [-0.1, -0.05) is 17.7 Å². The smallest absolute Gasteiger partial charge is 0.331 e. The second-order valence-electron chi connectivity index (χ2n) is 4.25. The zero-order chi connectivity index (χ0) is 13.1. The molecule has 2 N–H and O–H groups in total. The van der Waals surface area contributed by atoms with Crippen molar-refractivity contribution in [2.24, 2.45) is 5.41 Å². The first-order valence-corrected chi connectivity index (χ1v) is 5.27. The maximum Gasteiger partial charge on any atom is 0.331 e. The molecule has 0 bridgehead atoms. The maximum absolute atomic E-state index is 11.3. The zero-order valence-corrected chi connectivity index (χ0v) is 9.90. The van der Waals surface area contributed by atoms with Crippen molar-refractivity contribution in [2.75, 3.05) is 13.7 Å². The summed E-state index contributed by atoms with van der Waals surface area (Å²) in [5, 5.41) is 18.2. The van der Waals surface area contributed by atoms with Gasteiger partial charge in [-0.15, -0.1) is 0 Å². The molecule has 1 atom stereocenters. The van der Waals surface area contributed by atoms with Gasteiger partial charge < -0.3 is 14.9 Å². The number of aliphatic carboxylic acids is 2. The third-order valence-corrected chi connectivity index (χ3v) is 3.06. The molecule has 0 amide bonds. The Morgan fingerprint density at radius 3 is 2.53 bits per heavy atom. The minimum Gasteiger partial charge on any atom is -0.481 e. The summed E-state index contributed by atoms with van der Waals surface area (Å²) in [7, 11) is 1.54. The minimum absolute atomic E-state index is 0.00716. The van der Waals surface area contributed by atoms with Crippen LogP contribution < -0.4 is 0 Å². The van der Waals surface area contributed by atoms with Crippen molar-refractivity contribution in [3.8, 4) is 0 Å². The highest BCUT2D eigenvalue weighted by Gasteiger charge is 2.40. The van der Waals surface area contributed by atoms with E-state index in [9.17, 15) is 14.7 Å². The summed E-state index contributed by atoms with van der Waals surface area (Å²) in [6.07, 6.45) is 3.55. The molecule has 0 fully saturated rings. The van der Waals surface area contributed by atoms with Crippen LogP contribution in [-0.4, -0.2) is 35.9 Å². The van der Waals surface area contributed by atoms with Gasteiger partial charge in [0.1, 0.15) is 0 Å². The van der Waals surface area contributed by atoms with E-state index in [0.717, 1.165) is 0 Å². The molecule has 17 heavy (non-hydrogen) atoms. The van der Waals surface area contributed by atoms with E-state index in [1.165, 1.54) is 6.08 Å². The molecule has 0 saturated heterocycles. The third kappa shape index (κ3) is 2.74. The maximum atomic E-state index is 11.3. The fourth-order valence-corrected chi connectivity index (χ4v) is 1.87. The number of allylic oxidation sites excluding steroid dienone is 2. The highest BCUT2D eigenvalue weighted by molar-refractivity contribution is 5.90. The van der Waals surface area contributed by atoms with E-state index in [-0.39, 0.29) is 12.0 Å². The quantitative estimate of drug-likeness (QED) is 0.760. The molecule has 0 aliphatic heterocycles. The van der Waals surface area contributed by atoms with Gasteiger partial charge in [-0.3, -0.25) is 4.79 Å². The summed E-state index contributed by atoms with van der Waals surface area (Å²) in [5.41, 5.74) is -0.339. The SMILES string of the molecule is COCCC1=CC=C(C(=O)O)CC1(C)C(=O)O. The van der Waals surface area contributed by atoms with Crippen molar-refractivity contribution in [2.45, 2.75) is 19.8 Å². The van der Waals surface area contributed by atoms with Gasteiger partial charge in [-0.2, -0.15) is 0 Å². The van der Waals surface area contributed by atoms with Crippen LogP contribution in [0.25, 0.3) is 0 Å². The highest BCUT2D eigenvalue weighted by atomic mass is 16.5. The molecular weight excluding hydrogens is 224 g/mol. The monoisotopic (exact) mass is 240 g/mol. The number of ether oxygens (including phenoxy) is 1. The Morgan fingerprint density at radius 2 is 2.06 bits per heavy atom. The van der Waals surface area contributed by atoms with Crippen LogP contribution in [-0.2, 0) is 14.3 Å². The van der Waals surface area contributed by atoms with Crippen molar-refractivity contribution in [3.05, 3.63) is 23.3 Å². The van der Waals surface area contributed by atoms with E-state index in [4.69, 9.17) is 9.84 Å². The number of rotatable bonds is 5. The normalized spacial score (nSPS) is 23.9. The van der Waals surface area contributed by atoms with Gasteiger partial charge in [0.15, 0.2) is 0 Å². The summed E-state index contributed by atoms with van der Waals surface area (Å²) in [6, 6.07) is 0. The standard InChI is InChI=1S/C12H16O5/c1-12(11(15)16)7-8(10(13)14)3-4-9(12)5-6-17-2/h3-4H,5-7H2,1-2H3,(H,13,14)(H,15,16). The zero-order valence-electron chi connectivity index (χ0n) is 9.90. The van der Waals surface area contributed by atoms with E-state index in [0.29, 0.717) is 18.6 Å². The molecule has 1 unspecified atom stereocenters. The molecule has 0 spiro atoms. The summed E-state index contributed by atoms with van der Waals surface area (Å²) in [4.78, 5) is 22.2. The lowest BCUT2D eigenvalue weighted by Crippen LogP contribution is -2.33. The Kier molecular flexibility index (Phi) is 4.07. The van der Waals surface area contributed by atoms with E-state index >= 15 is 0 Å². The molecule has 1 aliphatic carbocycles. The topological polar surface area (TPSA) is 83.8 Å². The third-order valence-electron chi connectivity index (χ3n) is 3.06. The molecule has 0 aromatic rings. The molecule has 5 nitrogen and oxygen atoms in total. The molecule has 0 aromatic heterocycles. The van der Waals surface area contributed by atoms with Crippen LogP contribution in [0.3, 0.4) is 0 Å². The Bertz CT molecular complexity index is 394. The van der Waals surface area contributed by atoms with Crippen molar-refractivity contribution >= 4 is 11.9 Å². The Morgan fingerprint density at radius 1 is 1.41 bits per heavy atom. The Balaban J connectivity index is 3.03. The van der Waals surface area contributed by atoms with Gasteiger partial charge in [-0.05, 0) is 19.8 Å². The second-order valence-corrected chi connectivity index (χ2v) is 4.25. The molecule has 1 rings (SSSR count). The summed E-state index contributed by atoms with van der Waals surface area (Å²) in [5.74, 6) is -2.08. The van der Waals surface area contributed by atoms with Crippen molar-refractivity contribution in [1.29, 1.82) is 0 Å². The van der Waals surface area contributed by atoms with Crippen molar-refractivity contribution < 1.29 is 24.5 Å². The number of carbonyl (C=O) groups is 2. The molecule has 0 saturated carbocycles. The first-order valence-electron chi connectivity index (χ1n) is 5.27. The number of carboxylic acids is 2. The molecule has 0 aromatic carbocycles. The number of methoxy groups -OCH3 is 1. The van der Waals surface area contributed by atoms with Crippen LogP contribution in [0.4, 0.5) is 0 Å². The van der Waals surface area contributed by atoms with Crippen LogP contribution >= 0.6 is 0 Å². The van der Waals surface area contributed by atoms with Crippen LogP contribution in [0, 0.1) is 5.41 Å². The van der Waals surface area contributed by atoms with Crippen molar-refractivity contribution in [1.82, 2.24) is 0 Å². The van der Waals surface area contributed by atoms with Crippen LogP contribution in [0.15, 0.2) is 23.3 Å². The number of hydrogen-bond acceptors (Lipinski definition) is 3. The molecule has 5 heteroatoms. The molecular formula is C12H16O5. The predicted molar refractivity (Wildman–Crippen MR) is 60.7 cm³/mol. The van der Waals surface area contributed by atoms with E-state index in [2.05, 4.69) is 0 Å². The molecule has 94 valence electrons. The van der Waals surface area contributed by atoms with E-state index in [1.54, 1.807) is 20.1 Å². The van der Waals surface area contributed by atoms with Gasteiger partial charge in [0, 0.05) is 19.3 Å². The van der Waals surface area contributed by atoms with Crippen molar-refractivity contribution in [3.63, 3.8) is 0 Å². The minimum atomic E-state index is -1.15. The molecule has 0 heterocycles. The predicted octanol–water partition coefficient (Wildman–Crippen LogP) is 1.45. The van der Waals surface area contributed by atoms with Crippen LogP contribution in [0.1, 0.15) is 19.8 Å². The van der Waals surface area contributed by atoms with Gasteiger partial charge in [0.25, 0.3) is 0 Å². The summed E-state index contributed by atoms with van der Waals surface area (Å²) >= 11 is 0. The fraction of sp³-hybridized carbons (Fsp3) is 0.500. The first kappa shape index (κ1) is 13.4. The Hall–Kier alpha value is -1.62. The second kappa shape index (κ2) is 5.14. The number of hydrogen-bond donors (Lipinski definition) is 2. The van der Waals surface area contributed by atoms with Gasteiger partial charge in [0.2, 0.25) is 0 Å². The fourth-order valence-electron chi connectivity index (χ4n) is 1.87. The lowest BCUT2D eigenvalue weighted by molar-refractivity contribution is -0.146. The van der Waals surface area contributed by atoms with E-state index in [1.807, 2.05) is 0 Å². The number of carboxylic acid groups (broad SMARTS) is 2. The van der Waals surface area contributed by atoms with Crippen LogP contribution in [0.5, 0.6) is 0 Å². The van der Waals surface area contributed by atoms with Crippen LogP contribution in [0.2, 0.25) is 0 Å². The summed E-state index contributed by atoms with van der Waals surface area (Å²) < 4.78 is 4.92. The lowest BCUT2D eigenvalue weighted by Gasteiger charge is -2.30. The average molecular weight is 240 g/mol. The Labute approximate surface area is 99.4 Å². The van der Waals surface area contributed by atoms with Gasteiger partial charge in [0.05, 0.1) is 5.41 Å². The van der Waals surface area contributed by atoms with Gasteiger partial charge >= 0.3 is 11.9 Å². The van der Waals surface area contributed by atoms with Gasteiger partial charge in [-0.25, -0.2) is 4.79 Å². The molecule has 1 aliphatic rings. The highest BCUT2D eigenvalue weighted by Crippen LogP contribution is 2.39. The lowest BCUT2D eigenvalue weighted by atomic mass is 9.72. The average Bonchev–Trinajstić information content (AvgIpc) is 2.27. The first-order chi connectivity index (χ1) is 7.91. The molecule has 0 radical (unpaired) electrons.